The van der Waals surface area contributed by atoms with Crippen molar-refractivity contribution in [2.24, 2.45) is 0 Å². The van der Waals surface area contributed by atoms with Gasteiger partial charge in [0, 0.05) is 32.6 Å². The SMILES string of the molecule is CN1CCN(C(=O)CCC2CCCCN2)CC1=O. The molecule has 2 heterocycles. The zero-order valence-electron chi connectivity index (χ0n) is 11.2. The molecule has 5 heteroatoms. The van der Waals surface area contributed by atoms with Crippen LogP contribution in [-0.2, 0) is 9.59 Å². The highest BCUT2D eigenvalue weighted by atomic mass is 16.2. The summed E-state index contributed by atoms with van der Waals surface area (Å²) in [4.78, 5) is 26.9. The van der Waals surface area contributed by atoms with Crippen molar-refractivity contribution in [3.8, 4) is 0 Å². The highest BCUT2D eigenvalue weighted by Crippen LogP contribution is 2.13. The number of hydrogen-bond acceptors (Lipinski definition) is 3. The molecular formula is C13H23N3O2. The molecule has 2 fully saturated rings. The maximum Gasteiger partial charge on any atom is 0.241 e. The van der Waals surface area contributed by atoms with Crippen LogP contribution in [0.1, 0.15) is 32.1 Å². The number of nitrogens with zero attached hydrogens (tertiary/aromatic N) is 2. The van der Waals surface area contributed by atoms with Gasteiger partial charge >= 0.3 is 0 Å². The Morgan fingerprint density at radius 1 is 1.39 bits per heavy atom. The van der Waals surface area contributed by atoms with Crippen molar-refractivity contribution in [3.05, 3.63) is 0 Å². The zero-order valence-corrected chi connectivity index (χ0v) is 11.2. The first-order chi connectivity index (χ1) is 8.66. The Labute approximate surface area is 108 Å². The summed E-state index contributed by atoms with van der Waals surface area (Å²) in [6.07, 6.45) is 5.15. The van der Waals surface area contributed by atoms with Gasteiger partial charge in [0.1, 0.15) is 0 Å². The number of carbonyl (C=O) groups is 2. The van der Waals surface area contributed by atoms with Crippen LogP contribution in [0.25, 0.3) is 0 Å². The lowest BCUT2D eigenvalue weighted by atomic mass is 10.0. The topological polar surface area (TPSA) is 52.6 Å². The minimum absolute atomic E-state index is 0.0467. The van der Waals surface area contributed by atoms with Crippen LogP contribution >= 0.6 is 0 Å². The predicted molar refractivity (Wildman–Crippen MR) is 69.1 cm³/mol. The number of carbonyl (C=O) groups excluding carboxylic acids is 2. The lowest BCUT2D eigenvalue weighted by Crippen LogP contribution is -2.50. The predicted octanol–water partition coefficient (Wildman–Crippen LogP) is 0.209. The van der Waals surface area contributed by atoms with E-state index in [1.165, 1.54) is 19.3 Å². The Bertz CT molecular complexity index is 313. The van der Waals surface area contributed by atoms with E-state index in [4.69, 9.17) is 0 Å². The van der Waals surface area contributed by atoms with Crippen LogP contribution in [0.2, 0.25) is 0 Å². The van der Waals surface area contributed by atoms with Gasteiger partial charge in [-0.2, -0.15) is 0 Å². The van der Waals surface area contributed by atoms with Crippen LogP contribution in [0.15, 0.2) is 0 Å². The van der Waals surface area contributed by atoms with Crippen LogP contribution in [0, 0.1) is 0 Å². The van der Waals surface area contributed by atoms with E-state index in [9.17, 15) is 9.59 Å². The molecule has 0 aromatic heterocycles. The van der Waals surface area contributed by atoms with Crippen molar-refractivity contribution in [1.82, 2.24) is 15.1 Å². The fraction of sp³-hybridized carbons (Fsp3) is 0.846. The molecule has 2 aliphatic heterocycles. The Kier molecular flexibility index (Phi) is 4.58. The van der Waals surface area contributed by atoms with Gasteiger partial charge in [0.15, 0.2) is 0 Å². The first-order valence-corrected chi connectivity index (χ1v) is 6.92. The zero-order chi connectivity index (χ0) is 13.0. The minimum atomic E-state index is 0.0467. The molecule has 0 aliphatic carbocycles. The number of nitrogens with one attached hydrogen (secondary N) is 1. The molecule has 0 aromatic carbocycles. The number of amides is 2. The van der Waals surface area contributed by atoms with Crippen LogP contribution < -0.4 is 5.32 Å². The third-order valence-corrected chi connectivity index (χ3v) is 3.93. The monoisotopic (exact) mass is 253 g/mol. The molecule has 2 aliphatic rings. The average molecular weight is 253 g/mol. The molecule has 2 saturated heterocycles. The largest absolute Gasteiger partial charge is 0.342 e. The van der Waals surface area contributed by atoms with E-state index >= 15 is 0 Å². The maximum absolute atomic E-state index is 12.0. The summed E-state index contributed by atoms with van der Waals surface area (Å²) < 4.78 is 0. The molecule has 1 N–H and O–H groups in total. The second-order valence-corrected chi connectivity index (χ2v) is 5.32. The van der Waals surface area contributed by atoms with Crippen molar-refractivity contribution in [3.63, 3.8) is 0 Å². The maximum atomic E-state index is 12.0. The van der Waals surface area contributed by atoms with Crippen LogP contribution in [0.5, 0.6) is 0 Å². The summed E-state index contributed by atoms with van der Waals surface area (Å²) in [5.74, 6) is 0.175. The lowest BCUT2D eigenvalue weighted by molar-refractivity contribution is -0.144. The Morgan fingerprint density at radius 3 is 2.89 bits per heavy atom. The minimum Gasteiger partial charge on any atom is -0.342 e. The number of hydrogen-bond donors (Lipinski definition) is 1. The fourth-order valence-corrected chi connectivity index (χ4v) is 2.60. The molecule has 0 spiro atoms. The van der Waals surface area contributed by atoms with E-state index in [1.54, 1.807) is 16.8 Å². The third kappa shape index (κ3) is 3.45. The molecule has 0 aromatic rings. The molecule has 102 valence electrons. The van der Waals surface area contributed by atoms with E-state index < -0.39 is 0 Å². The highest BCUT2D eigenvalue weighted by Gasteiger charge is 2.25. The van der Waals surface area contributed by atoms with Gasteiger partial charge < -0.3 is 15.1 Å². The normalized spacial score (nSPS) is 25.4. The number of piperidine rings is 1. The second-order valence-electron chi connectivity index (χ2n) is 5.32. The molecule has 1 unspecified atom stereocenters. The summed E-state index contributed by atoms with van der Waals surface area (Å²) in [5.41, 5.74) is 0. The van der Waals surface area contributed by atoms with Crippen molar-refractivity contribution >= 4 is 11.8 Å². The van der Waals surface area contributed by atoms with Gasteiger partial charge in [-0.3, -0.25) is 9.59 Å². The van der Waals surface area contributed by atoms with Gasteiger partial charge in [0.25, 0.3) is 0 Å². The first kappa shape index (κ1) is 13.3. The summed E-state index contributed by atoms with van der Waals surface area (Å²) in [6.45, 7) is 2.67. The van der Waals surface area contributed by atoms with Crippen LogP contribution in [0.3, 0.4) is 0 Å². The van der Waals surface area contributed by atoms with Crippen molar-refractivity contribution in [2.45, 2.75) is 38.1 Å². The van der Waals surface area contributed by atoms with E-state index in [1.807, 2.05) is 0 Å². The summed E-state index contributed by atoms with van der Waals surface area (Å²) in [7, 11) is 1.79. The standard InChI is InChI=1S/C13H23N3O2/c1-15-8-9-16(10-13(15)18)12(17)6-5-11-4-2-3-7-14-11/h11,14H,2-10H2,1H3. The van der Waals surface area contributed by atoms with Crippen molar-refractivity contribution < 1.29 is 9.59 Å². The van der Waals surface area contributed by atoms with Gasteiger partial charge in [-0.1, -0.05) is 6.42 Å². The number of rotatable bonds is 3. The molecular weight excluding hydrogens is 230 g/mol. The van der Waals surface area contributed by atoms with Gasteiger partial charge in [0.2, 0.25) is 11.8 Å². The molecule has 0 saturated carbocycles. The van der Waals surface area contributed by atoms with E-state index in [2.05, 4.69) is 5.32 Å². The van der Waals surface area contributed by atoms with E-state index in [-0.39, 0.29) is 18.4 Å². The number of likely N-dealkylation sites (N-methyl/N-ethyl adjacent to an activating group) is 1. The highest BCUT2D eigenvalue weighted by molar-refractivity contribution is 5.85. The average Bonchev–Trinajstić information content (AvgIpc) is 2.40. The molecule has 2 rings (SSSR count). The van der Waals surface area contributed by atoms with Gasteiger partial charge in [-0.05, 0) is 25.8 Å². The third-order valence-electron chi connectivity index (χ3n) is 3.93. The Morgan fingerprint density at radius 2 is 2.22 bits per heavy atom. The van der Waals surface area contributed by atoms with Gasteiger partial charge in [0.05, 0.1) is 6.54 Å². The van der Waals surface area contributed by atoms with Crippen LogP contribution in [0.4, 0.5) is 0 Å². The molecule has 5 nitrogen and oxygen atoms in total. The first-order valence-electron chi connectivity index (χ1n) is 6.92. The van der Waals surface area contributed by atoms with E-state index in [0.29, 0.717) is 25.6 Å². The summed E-state index contributed by atoms with van der Waals surface area (Å²) in [6, 6.07) is 0.492. The second kappa shape index (κ2) is 6.18. The number of piperazine rings is 1. The van der Waals surface area contributed by atoms with Crippen LogP contribution in [-0.4, -0.2) is 60.9 Å². The molecule has 2 amide bonds. The quantitative estimate of drug-likeness (QED) is 0.782. The fourth-order valence-electron chi connectivity index (χ4n) is 2.60. The molecule has 1 atom stereocenters. The van der Waals surface area contributed by atoms with E-state index in [0.717, 1.165) is 13.0 Å². The molecule has 18 heavy (non-hydrogen) atoms. The van der Waals surface area contributed by atoms with Gasteiger partial charge in [-0.25, -0.2) is 0 Å². The van der Waals surface area contributed by atoms with Crippen molar-refractivity contribution in [1.29, 1.82) is 0 Å². The smallest absolute Gasteiger partial charge is 0.241 e. The van der Waals surface area contributed by atoms with Crippen molar-refractivity contribution in [2.75, 3.05) is 33.2 Å². The Hall–Kier alpha value is -1.10. The summed E-state index contributed by atoms with van der Waals surface area (Å²) in [5, 5.41) is 3.45. The molecule has 0 bridgehead atoms. The summed E-state index contributed by atoms with van der Waals surface area (Å²) >= 11 is 0. The van der Waals surface area contributed by atoms with Gasteiger partial charge in [-0.15, -0.1) is 0 Å². The Balaban J connectivity index is 1.72. The molecule has 0 radical (unpaired) electrons. The lowest BCUT2D eigenvalue weighted by Gasteiger charge is -2.32.